The average Bonchev–Trinajstić information content (AvgIpc) is 3.29. The van der Waals surface area contributed by atoms with Crippen molar-refractivity contribution in [2.75, 3.05) is 5.32 Å². The quantitative estimate of drug-likeness (QED) is 0.620. The molecular weight excluding hydrogens is 392 g/mol. The summed E-state index contributed by atoms with van der Waals surface area (Å²) in [6, 6.07) is 9.10. The minimum Gasteiger partial charge on any atom is -0.458 e. The molecule has 1 aromatic carbocycles. The first-order valence-corrected chi connectivity index (χ1v) is 8.94. The third-order valence-electron chi connectivity index (χ3n) is 3.50. The number of thiazole rings is 1. The normalized spacial score (nSPS) is 10.7. The van der Waals surface area contributed by atoms with E-state index in [0.29, 0.717) is 17.2 Å². The average molecular weight is 407 g/mol. The number of hydrogen-bond acceptors (Lipinski definition) is 6. The van der Waals surface area contributed by atoms with E-state index in [2.05, 4.69) is 20.4 Å². The number of aromatic nitrogens is 1. The van der Waals surface area contributed by atoms with Crippen LogP contribution in [0, 0.1) is 0 Å². The zero-order valence-corrected chi connectivity index (χ0v) is 15.4. The Morgan fingerprint density at radius 3 is 2.79 bits per heavy atom. The van der Waals surface area contributed by atoms with Crippen molar-refractivity contribution in [1.29, 1.82) is 0 Å². The summed E-state index contributed by atoms with van der Waals surface area (Å²) in [6.07, 6.45) is 0. The number of para-hydroxylation sites is 1. The Morgan fingerprint density at radius 2 is 2.04 bits per heavy atom. The first-order chi connectivity index (χ1) is 13.4. The summed E-state index contributed by atoms with van der Waals surface area (Å²) >= 11 is 1.15. The smallest absolute Gasteiger partial charge is 0.387 e. The van der Waals surface area contributed by atoms with Gasteiger partial charge in [0.25, 0.3) is 5.91 Å². The van der Waals surface area contributed by atoms with Gasteiger partial charge in [-0.25, -0.2) is 4.98 Å². The summed E-state index contributed by atoms with van der Waals surface area (Å²) < 4.78 is 34.9. The maximum atomic E-state index is 12.5. The minimum absolute atomic E-state index is 0.0323. The van der Waals surface area contributed by atoms with Gasteiger partial charge in [0.2, 0.25) is 5.91 Å². The van der Waals surface area contributed by atoms with E-state index in [-0.39, 0.29) is 28.9 Å². The summed E-state index contributed by atoms with van der Waals surface area (Å²) in [6.45, 7) is -1.38. The van der Waals surface area contributed by atoms with Gasteiger partial charge in [0.05, 0.1) is 12.1 Å². The lowest BCUT2D eigenvalue weighted by Crippen LogP contribution is -2.18. The monoisotopic (exact) mass is 407 g/mol. The number of halogens is 2. The molecule has 0 aliphatic carbocycles. The second-order valence-electron chi connectivity index (χ2n) is 5.54. The second kappa shape index (κ2) is 8.61. The molecule has 3 rings (SSSR count). The van der Waals surface area contributed by atoms with Crippen LogP contribution in [-0.2, 0) is 11.3 Å². The molecule has 7 nitrogen and oxygen atoms in total. The molecule has 0 saturated heterocycles. The van der Waals surface area contributed by atoms with Crippen LogP contribution in [0.4, 0.5) is 13.9 Å². The molecule has 10 heteroatoms. The molecule has 146 valence electrons. The number of nitrogens with one attached hydrogen (secondary N) is 2. The largest absolute Gasteiger partial charge is 0.458 e. The van der Waals surface area contributed by atoms with Crippen molar-refractivity contribution in [3.8, 4) is 17.2 Å². The molecule has 0 unspecified atom stereocenters. The van der Waals surface area contributed by atoms with Gasteiger partial charge in [-0.2, -0.15) is 8.78 Å². The predicted octanol–water partition coefficient (Wildman–Crippen LogP) is 3.89. The Hall–Kier alpha value is -3.27. The third-order valence-corrected chi connectivity index (χ3v) is 4.26. The van der Waals surface area contributed by atoms with E-state index in [4.69, 9.17) is 4.42 Å². The fourth-order valence-corrected chi connectivity index (χ4v) is 2.98. The van der Waals surface area contributed by atoms with Gasteiger partial charge in [0, 0.05) is 12.3 Å². The van der Waals surface area contributed by atoms with Crippen molar-refractivity contribution in [3.05, 3.63) is 53.1 Å². The lowest BCUT2D eigenvalue weighted by Gasteiger charge is -2.09. The molecule has 0 aliphatic heterocycles. The highest BCUT2D eigenvalue weighted by molar-refractivity contribution is 7.14. The molecule has 0 bridgehead atoms. The topological polar surface area (TPSA) is 93.5 Å². The zero-order valence-electron chi connectivity index (χ0n) is 14.6. The third kappa shape index (κ3) is 4.92. The highest BCUT2D eigenvalue weighted by Gasteiger charge is 2.17. The van der Waals surface area contributed by atoms with Gasteiger partial charge in [0.1, 0.15) is 17.2 Å². The first-order valence-electron chi connectivity index (χ1n) is 8.06. The molecule has 0 atom stereocenters. The number of anilines is 1. The van der Waals surface area contributed by atoms with Crippen LogP contribution in [0.15, 0.2) is 46.2 Å². The van der Waals surface area contributed by atoms with Crippen molar-refractivity contribution >= 4 is 28.3 Å². The SMILES string of the molecule is CC(=O)NCc1ccc(-c2csc(NC(=O)c3ccccc3OC(F)F)n2)o1. The fourth-order valence-electron chi connectivity index (χ4n) is 2.28. The summed E-state index contributed by atoms with van der Waals surface area (Å²) in [7, 11) is 0. The van der Waals surface area contributed by atoms with E-state index in [9.17, 15) is 18.4 Å². The van der Waals surface area contributed by atoms with E-state index in [0.717, 1.165) is 11.3 Å². The molecule has 0 radical (unpaired) electrons. The molecule has 0 fully saturated rings. The van der Waals surface area contributed by atoms with Crippen LogP contribution < -0.4 is 15.4 Å². The molecule has 2 N–H and O–H groups in total. The van der Waals surface area contributed by atoms with Crippen molar-refractivity contribution in [2.24, 2.45) is 0 Å². The Bertz CT molecular complexity index is 987. The van der Waals surface area contributed by atoms with Crippen molar-refractivity contribution in [2.45, 2.75) is 20.1 Å². The van der Waals surface area contributed by atoms with Gasteiger partial charge in [0.15, 0.2) is 10.9 Å². The van der Waals surface area contributed by atoms with Crippen LogP contribution in [0.3, 0.4) is 0 Å². The van der Waals surface area contributed by atoms with E-state index in [1.165, 1.54) is 25.1 Å². The molecule has 2 aromatic heterocycles. The molecular formula is C18H15F2N3O4S. The van der Waals surface area contributed by atoms with Crippen molar-refractivity contribution in [3.63, 3.8) is 0 Å². The maximum Gasteiger partial charge on any atom is 0.387 e. The summed E-state index contributed by atoms with van der Waals surface area (Å²) in [4.78, 5) is 27.6. The minimum atomic E-state index is -3.04. The Kier molecular flexibility index (Phi) is 5.99. The maximum absolute atomic E-state index is 12.5. The number of nitrogens with zero attached hydrogens (tertiary/aromatic N) is 1. The van der Waals surface area contributed by atoms with Gasteiger partial charge in [-0.3, -0.25) is 14.9 Å². The molecule has 0 aliphatic rings. The summed E-state index contributed by atoms with van der Waals surface area (Å²) in [5, 5.41) is 7.12. The number of carbonyl (C=O) groups excluding carboxylic acids is 2. The highest BCUT2D eigenvalue weighted by Crippen LogP contribution is 2.28. The highest BCUT2D eigenvalue weighted by atomic mass is 32.1. The lowest BCUT2D eigenvalue weighted by molar-refractivity contribution is -0.119. The van der Waals surface area contributed by atoms with E-state index < -0.39 is 12.5 Å². The van der Waals surface area contributed by atoms with Gasteiger partial charge in [-0.1, -0.05) is 12.1 Å². The number of amides is 2. The van der Waals surface area contributed by atoms with Crippen LogP contribution in [0.25, 0.3) is 11.5 Å². The molecule has 0 spiro atoms. The van der Waals surface area contributed by atoms with Crippen LogP contribution >= 0.6 is 11.3 Å². The fraction of sp³-hybridized carbons (Fsp3) is 0.167. The second-order valence-corrected chi connectivity index (χ2v) is 6.40. The van der Waals surface area contributed by atoms with Crippen LogP contribution in [0.5, 0.6) is 5.75 Å². The van der Waals surface area contributed by atoms with E-state index >= 15 is 0 Å². The number of carbonyl (C=O) groups is 2. The number of furan rings is 1. The first kappa shape index (κ1) is 19.5. The van der Waals surface area contributed by atoms with E-state index in [1.807, 2.05) is 0 Å². The van der Waals surface area contributed by atoms with Crippen molar-refractivity contribution in [1.82, 2.24) is 10.3 Å². The van der Waals surface area contributed by atoms with Crippen LogP contribution in [0.2, 0.25) is 0 Å². The molecule has 28 heavy (non-hydrogen) atoms. The Balaban J connectivity index is 1.70. The Labute approximate surface area is 162 Å². The number of ether oxygens (including phenoxy) is 1. The van der Waals surface area contributed by atoms with Crippen LogP contribution in [0.1, 0.15) is 23.0 Å². The van der Waals surface area contributed by atoms with Gasteiger partial charge in [-0.05, 0) is 24.3 Å². The Morgan fingerprint density at radius 1 is 1.25 bits per heavy atom. The molecule has 3 aromatic rings. The molecule has 2 heterocycles. The van der Waals surface area contributed by atoms with Gasteiger partial charge < -0.3 is 14.5 Å². The number of rotatable bonds is 7. The standard InChI is InChI=1S/C18H15F2N3O4S/c1-10(24)21-8-11-6-7-15(26-11)13-9-28-18(22-13)23-16(25)12-4-2-3-5-14(12)27-17(19)20/h2-7,9,17H,8H2,1H3,(H,21,24)(H,22,23,25). The molecule has 0 saturated carbocycles. The molecule has 2 amide bonds. The van der Waals surface area contributed by atoms with Crippen molar-refractivity contribution < 1.29 is 27.5 Å². The van der Waals surface area contributed by atoms with Crippen LogP contribution in [-0.4, -0.2) is 23.4 Å². The number of hydrogen-bond donors (Lipinski definition) is 2. The summed E-state index contributed by atoms with van der Waals surface area (Å²) in [5.41, 5.74) is 0.460. The van der Waals surface area contributed by atoms with Gasteiger partial charge >= 0.3 is 6.61 Å². The predicted molar refractivity (Wildman–Crippen MR) is 98.4 cm³/mol. The summed E-state index contributed by atoms with van der Waals surface area (Å²) in [5.74, 6) is 0.0106. The van der Waals surface area contributed by atoms with Gasteiger partial charge in [-0.15, -0.1) is 11.3 Å². The number of alkyl halides is 2. The number of benzene rings is 1. The lowest BCUT2D eigenvalue weighted by atomic mass is 10.2. The van der Waals surface area contributed by atoms with E-state index in [1.54, 1.807) is 23.6 Å². The zero-order chi connectivity index (χ0) is 20.1.